The highest BCUT2D eigenvalue weighted by Crippen LogP contribution is 2.53. The molecule has 9 rings (SSSR count). The van der Waals surface area contributed by atoms with Crippen molar-refractivity contribution in [3.8, 4) is 5.75 Å². The Bertz CT molecular complexity index is 2790. The maximum absolute atomic E-state index is 13.8. The number of aryl methyl sites for hydroxylation is 2. The molecule has 2 amide bonds. The molecule has 6 heterocycles. The summed E-state index contributed by atoms with van der Waals surface area (Å²) in [5.74, 6) is -2.95. The highest BCUT2D eigenvalue weighted by atomic mass is 19.1. The fourth-order valence-corrected chi connectivity index (χ4v) is 13.3. The number of hydrogen-bond acceptors (Lipinski definition) is 18. The number of halogens is 3. The van der Waals surface area contributed by atoms with E-state index < -0.39 is 29.2 Å². The van der Waals surface area contributed by atoms with Crippen molar-refractivity contribution in [3.63, 3.8) is 0 Å². The van der Waals surface area contributed by atoms with E-state index in [4.69, 9.17) is 37.9 Å². The summed E-state index contributed by atoms with van der Waals surface area (Å²) in [7, 11) is 0. The number of rotatable bonds is 42. The predicted octanol–water partition coefficient (Wildman–Crippen LogP) is 6.85. The van der Waals surface area contributed by atoms with Gasteiger partial charge in [0.15, 0.2) is 11.6 Å². The Labute approximate surface area is 527 Å². The van der Waals surface area contributed by atoms with Crippen molar-refractivity contribution >= 4 is 17.8 Å². The minimum atomic E-state index is -1.30. The number of hydrogen-bond donors (Lipinski definition) is 1. The molecule has 25 heteroatoms. The Balaban J connectivity index is 0.511. The van der Waals surface area contributed by atoms with Gasteiger partial charge in [-0.1, -0.05) is 49.4 Å². The van der Waals surface area contributed by atoms with Crippen LogP contribution in [0.15, 0.2) is 48.7 Å². The highest BCUT2D eigenvalue weighted by Gasteiger charge is 2.52. The number of benzene rings is 2. The summed E-state index contributed by atoms with van der Waals surface area (Å²) in [5.41, 5.74) is 2.42. The Hall–Kier alpha value is -5.48. The molecule has 5 aliphatic rings. The van der Waals surface area contributed by atoms with Crippen LogP contribution in [0, 0.1) is 41.6 Å². The Kier molecular flexibility index (Phi) is 27.2. The molecule has 498 valence electrons. The van der Waals surface area contributed by atoms with Gasteiger partial charge >= 0.3 is 5.97 Å². The molecular formula is C65H95F3N10O12. The van der Waals surface area contributed by atoms with Crippen LogP contribution in [0.25, 0.3) is 0 Å². The zero-order valence-electron chi connectivity index (χ0n) is 53.0. The van der Waals surface area contributed by atoms with E-state index in [1.54, 1.807) is 0 Å². The van der Waals surface area contributed by atoms with Crippen LogP contribution < -0.4 is 10.1 Å². The second kappa shape index (κ2) is 35.5. The fourth-order valence-electron chi connectivity index (χ4n) is 13.3. The van der Waals surface area contributed by atoms with Gasteiger partial charge in [-0.05, 0) is 108 Å². The summed E-state index contributed by atoms with van der Waals surface area (Å²) in [6, 6.07) is 12.5. The molecule has 90 heavy (non-hydrogen) atoms. The number of esters is 1. The molecule has 22 nitrogen and oxygen atoms in total. The number of likely N-dealkylation sites (tertiary alicyclic amines) is 2. The van der Waals surface area contributed by atoms with Gasteiger partial charge in [0.2, 0.25) is 17.6 Å². The maximum Gasteiger partial charge on any atom is 0.313 e. The summed E-state index contributed by atoms with van der Waals surface area (Å²) >= 11 is 0. The number of nitrogens with zero attached hydrogens (tertiary/aromatic N) is 9. The van der Waals surface area contributed by atoms with Crippen LogP contribution in [-0.4, -0.2) is 219 Å². The van der Waals surface area contributed by atoms with Gasteiger partial charge in [-0.25, -0.2) is 17.9 Å². The number of unbranched alkanes of at least 4 members (excludes halogenated alkanes) is 1. The summed E-state index contributed by atoms with van der Waals surface area (Å²) in [6.07, 6.45) is 13.4. The van der Waals surface area contributed by atoms with Crippen LogP contribution in [-0.2, 0) is 65.2 Å². The first-order valence-corrected chi connectivity index (χ1v) is 32.7. The van der Waals surface area contributed by atoms with Gasteiger partial charge in [-0.15, -0.1) is 15.3 Å². The number of amides is 2. The summed E-state index contributed by atoms with van der Waals surface area (Å²) in [4.78, 5) is 46.5. The van der Waals surface area contributed by atoms with Crippen molar-refractivity contribution in [3.05, 3.63) is 89.0 Å². The van der Waals surface area contributed by atoms with Crippen LogP contribution >= 0.6 is 0 Å². The van der Waals surface area contributed by atoms with Gasteiger partial charge in [-0.3, -0.25) is 19.3 Å². The average Bonchev–Trinajstić information content (AvgIpc) is 1.72. The Morgan fingerprint density at radius 2 is 1.27 bits per heavy atom. The third-order valence-electron chi connectivity index (χ3n) is 18.2. The van der Waals surface area contributed by atoms with E-state index in [1.165, 1.54) is 12.8 Å². The van der Waals surface area contributed by atoms with Gasteiger partial charge in [0, 0.05) is 61.9 Å². The Morgan fingerprint density at radius 3 is 1.87 bits per heavy atom. The minimum absolute atomic E-state index is 0.0414. The number of aromatic nitrogens is 6. The normalized spacial score (nSPS) is 19.7. The molecule has 3 unspecified atom stereocenters. The van der Waals surface area contributed by atoms with Crippen LogP contribution in [0.3, 0.4) is 0 Å². The largest absolute Gasteiger partial charge is 0.420 e. The quantitative estimate of drug-likeness (QED) is 0.0273. The second-order valence-corrected chi connectivity index (χ2v) is 24.9. The third kappa shape index (κ3) is 20.3. The zero-order valence-corrected chi connectivity index (χ0v) is 53.0. The lowest BCUT2D eigenvalue weighted by Crippen LogP contribution is -2.60. The van der Waals surface area contributed by atoms with E-state index >= 15 is 0 Å². The number of ether oxygens (including phenoxy) is 9. The molecule has 2 aromatic heterocycles. The molecule has 1 N–H and O–H groups in total. The monoisotopic (exact) mass is 1260 g/mol. The van der Waals surface area contributed by atoms with Crippen LogP contribution in [0.1, 0.15) is 125 Å². The van der Waals surface area contributed by atoms with Crippen molar-refractivity contribution in [2.45, 2.75) is 134 Å². The highest BCUT2D eigenvalue weighted by molar-refractivity contribution is 5.86. The number of carbonyl (C=O) groups excluding carboxylic acids is 3. The molecule has 2 aromatic carbocycles. The summed E-state index contributed by atoms with van der Waals surface area (Å²) in [6.45, 7) is 18.3. The molecule has 5 fully saturated rings. The van der Waals surface area contributed by atoms with Crippen molar-refractivity contribution in [2.75, 3.05) is 145 Å². The van der Waals surface area contributed by atoms with E-state index in [0.29, 0.717) is 142 Å². The van der Waals surface area contributed by atoms with E-state index in [-0.39, 0.29) is 61.3 Å². The molecule has 4 saturated heterocycles. The average molecular weight is 1270 g/mol. The van der Waals surface area contributed by atoms with Gasteiger partial charge in [-0.2, -0.15) is 0 Å². The maximum atomic E-state index is 13.8. The standard InChI is InChI=1S/C65H95F3N10O12/c1-47(2)62-72-70-48(3)78(62)59-41-54-12-13-58(59)77(54)19-14-57(49-9-5-4-6-10-49)69-63(80)51-44-75(45-51)64(81)50-42-65(43-50)16-20-74(21-17-65)18-8-7-11-53-46-76(73-71-53)22-24-83-26-28-85-30-32-87-34-36-89-38-37-88-35-33-86-31-29-84-27-25-82-23-15-60(79)90-61-55(67)39-52(66)40-56(61)68/h4-6,9-10,39-40,46-47,50-51,54,57-59H,7-8,11-38,41-45H2,1-3H3,(H,69,80)/t54?,57-,58?,59?/m0/s1. The lowest BCUT2D eigenvalue weighted by Gasteiger charge is -2.53. The third-order valence-corrected chi connectivity index (χ3v) is 18.2. The number of fused-ring (bicyclic) bond motifs is 2. The molecule has 1 spiro atoms. The van der Waals surface area contributed by atoms with Crippen molar-refractivity contribution in [1.82, 2.24) is 49.8 Å². The second-order valence-electron chi connectivity index (χ2n) is 24.9. The topological polar surface area (TPSA) is 217 Å². The lowest BCUT2D eigenvalue weighted by molar-refractivity contribution is -0.155. The zero-order chi connectivity index (χ0) is 63.1. The number of nitrogens with one attached hydrogen (secondary N) is 1. The molecule has 2 bridgehead atoms. The van der Waals surface area contributed by atoms with Gasteiger partial charge in [0.05, 0.1) is 142 Å². The van der Waals surface area contributed by atoms with Gasteiger partial charge in [0.25, 0.3) is 0 Å². The SMILES string of the molecule is Cc1nnc(C(C)C)n1C1CC2CCC1N2CC[C@H](NC(=O)C1CN(C(=O)C2CC3(CCN(CCCCc4cn(CCOCCOCCOCCOCCOCCOCCOCCOCCC(=O)Oc5c(F)cc(F)cc5F)nn4)CC3)C2)C1)c1ccccc1. The van der Waals surface area contributed by atoms with Crippen molar-refractivity contribution < 1.29 is 70.2 Å². The first-order valence-electron chi connectivity index (χ1n) is 32.7. The fraction of sp³-hybridized carbons (Fsp3) is 0.708. The van der Waals surface area contributed by atoms with E-state index in [9.17, 15) is 27.6 Å². The van der Waals surface area contributed by atoms with Crippen LogP contribution in [0.5, 0.6) is 5.75 Å². The number of piperidine rings is 1. The van der Waals surface area contributed by atoms with Gasteiger partial charge < -0.3 is 62.3 Å². The van der Waals surface area contributed by atoms with Crippen LogP contribution in [0.2, 0.25) is 0 Å². The minimum Gasteiger partial charge on any atom is -0.420 e. The van der Waals surface area contributed by atoms with E-state index in [1.807, 2.05) is 21.8 Å². The molecule has 1 saturated carbocycles. The van der Waals surface area contributed by atoms with E-state index in [2.05, 4.69) is 90.0 Å². The molecule has 4 aromatic rings. The molecular weight excluding hydrogens is 1170 g/mol. The predicted molar refractivity (Wildman–Crippen MR) is 325 cm³/mol. The molecule has 1 aliphatic carbocycles. The first-order chi connectivity index (χ1) is 43.8. The van der Waals surface area contributed by atoms with E-state index in [0.717, 1.165) is 107 Å². The number of carbonyl (C=O) groups is 3. The first kappa shape index (κ1) is 68.9. The van der Waals surface area contributed by atoms with Crippen molar-refractivity contribution in [1.29, 1.82) is 0 Å². The molecule has 4 atom stereocenters. The van der Waals surface area contributed by atoms with Crippen molar-refractivity contribution in [2.24, 2.45) is 17.3 Å². The lowest BCUT2D eigenvalue weighted by atomic mass is 9.57. The summed E-state index contributed by atoms with van der Waals surface area (Å²) < 4.78 is 93.1. The van der Waals surface area contributed by atoms with Gasteiger partial charge in [0.1, 0.15) is 17.5 Å². The Morgan fingerprint density at radius 1 is 0.678 bits per heavy atom. The molecule has 4 aliphatic heterocycles. The molecule has 0 radical (unpaired) electrons. The summed E-state index contributed by atoms with van der Waals surface area (Å²) in [5, 5.41) is 21.1. The van der Waals surface area contributed by atoms with Crippen LogP contribution in [0.4, 0.5) is 13.2 Å². The smallest absolute Gasteiger partial charge is 0.313 e.